The summed E-state index contributed by atoms with van der Waals surface area (Å²) in [5.41, 5.74) is -0.802. The Morgan fingerprint density at radius 3 is 2.45 bits per heavy atom. The zero-order chi connectivity index (χ0) is 15.2. The van der Waals surface area contributed by atoms with Crippen molar-refractivity contribution in [3.05, 3.63) is 29.8 Å². The largest absolute Gasteiger partial charge is 0.491 e. The predicted octanol–water partition coefficient (Wildman–Crippen LogP) is 2.67. The molecule has 0 aromatic heterocycles. The fourth-order valence-electron chi connectivity index (χ4n) is 1.24. The van der Waals surface area contributed by atoms with E-state index >= 15 is 0 Å². The van der Waals surface area contributed by atoms with Gasteiger partial charge in [0.05, 0.1) is 24.5 Å². The van der Waals surface area contributed by atoms with Crippen LogP contribution in [0.25, 0.3) is 0 Å². The molecule has 0 saturated heterocycles. The number of halogens is 4. The molecule has 0 heterocycles. The summed E-state index contributed by atoms with van der Waals surface area (Å²) in [4.78, 5) is 0. The predicted molar refractivity (Wildman–Crippen MR) is 67.4 cm³/mol. The third kappa shape index (κ3) is 6.97. The highest BCUT2D eigenvalue weighted by atomic mass is 35.7. The molecule has 9 heteroatoms. The lowest BCUT2D eigenvalue weighted by atomic mass is 10.2. The van der Waals surface area contributed by atoms with Crippen LogP contribution < -0.4 is 4.74 Å². The van der Waals surface area contributed by atoms with Crippen molar-refractivity contribution in [1.29, 1.82) is 0 Å². The van der Waals surface area contributed by atoms with Crippen LogP contribution in [0.4, 0.5) is 13.2 Å². The second-order valence-electron chi connectivity index (χ2n) is 3.73. The molecule has 4 nitrogen and oxygen atoms in total. The van der Waals surface area contributed by atoms with Gasteiger partial charge in [-0.05, 0) is 18.2 Å². The van der Waals surface area contributed by atoms with Gasteiger partial charge in [-0.3, -0.25) is 0 Å². The molecular formula is C11H12ClF3O4S. The number of hydrogen-bond acceptors (Lipinski definition) is 4. The summed E-state index contributed by atoms with van der Waals surface area (Å²) in [6.45, 7) is -0.0515. The van der Waals surface area contributed by atoms with Crippen LogP contribution in [0, 0.1) is 0 Å². The van der Waals surface area contributed by atoms with Crippen molar-refractivity contribution in [3.63, 3.8) is 0 Å². The molecule has 0 bridgehead atoms. The van der Waals surface area contributed by atoms with Crippen LogP contribution in [0.3, 0.4) is 0 Å². The Morgan fingerprint density at radius 1 is 1.15 bits per heavy atom. The Balaban J connectivity index is 2.32. The van der Waals surface area contributed by atoms with E-state index in [9.17, 15) is 21.6 Å². The lowest BCUT2D eigenvalue weighted by Crippen LogP contribution is -2.12. The SMILES string of the molecule is O=S(=O)(Cl)CCOCCOc1cccc(C(F)(F)F)c1. The van der Waals surface area contributed by atoms with Crippen LogP contribution in [-0.2, 0) is 20.0 Å². The molecule has 0 spiro atoms. The smallest absolute Gasteiger partial charge is 0.416 e. The second-order valence-corrected chi connectivity index (χ2v) is 6.63. The Bertz CT molecular complexity index is 531. The normalized spacial score (nSPS) is 12.4. The molecule has 114 valence electrons. The van der Waals surface area contributed by atoms with Gasteiger partial charge >= 0.3 is 6.18 Å². The third-order valence-corrected chi connectivity index (χ3v) is 3.25. The maximum Gasteiger partial charge on any atom is 0.416 e. The molecule has 1 rings (SSSR count). The van der Waals surface area contributed by atoms with Gasteiger partial charge in [-0.2, -0.15) is 13.2 Å². The number of benzene rings is 1. The Kier molecular flexibility index (Phi) is 6.09. The summed E-state index contributed by atoms with van der Waals surface area (Å²) in [6.07, 6.45) is -4.43. The fraction of sp³-hybridized carbons (Fsp3) is 0.455. The maximum atomic E-state index is 12.4. The van der Waals surface area contributed by atoms with Gasteiger partial charge in [0.15, 0.2) is 0 Å². The quantitative estimate of drug-likeness (QED) is 0.569. The first-order valence-corrected chi connectivity index (χ1v) is 7.96. The number of rotatable bonds is 7. The molecule has 0 fully saturated rings. The van der Waals surface area contributed by atoms with E-state index in [4.69, 9.17) is 20.2 Å². The zero-order valence-corrected chi connectivity index (χ0v) is 11.8. The minimum absolute atomic E-state index is 0.00361. The fourth-order valence-corrected chi connectivity index (χ4v) is 1.75. The van der Waals surface area contributed by atoms with E-state index in [0.29, 0.717) is 0 Å². The number of ether oxygens (including phenoxy) is 2. The molecule has 0 unspecified atom stereocenters. The average Bonchev–Trinajstić information content (AvgIpc) is 2.31. The minimum atomic E-state index is -4.43. The summed E-state index contributed by atoms with van der Waals surface area (Å²) < 4.78 is 68.4. The van der Waals surface area contributed by atoms with Crippen molar-refractivity contribution in [2.75, 3.05) is 25.6 Å². The van der Waals surface area contributed by atoms with Crippen molar-refractivity contribution in [2.45, 2.75) is 6.18 Å². The molecule has 0 saturated carbocycles. The van der Waals surface area contributed by atoms with E-state index in [-0.39, 0.29) is 31.3 Å². The van der Waals surface area contributed by atoms with Crippen LogP contribution in [0.2, 0.25) is 0 Å². The monoisotopic (exact) mass is 332 g/mol. The summed E-state index contributed by atoms with van der Waals surface area (Å²) >= 11 is 0. The average molecular weight is 333 g/mol. The van der Waals surface area contributed by atoms with Crippen molar-refractivity contribution in [2.24, 2.45) is 0 Å². The molecule has 0 aliphatic rings. The number of alkyl halides is 3. The van der Waals surface area contributed by atoms with Crippen LogP contribution in [0.1, 0.15) is 5.56 Å². The highest BCUT2D eigenvalue weighted by Crippen LogP contribution is 2.31. The van der Waals surface area contributed by atoms with Gasteiger partial charge in [-0.25, -0.2) is 8.42 Å². The van der Waals surface area contributed by atoms with E-state index in [1.807, 2.05) is 0 Å². The van der Waals surface area contributed by atoms with Crippen molar-refractivity contribution in [1.82, 2.24) is 0 Å². The molecule has 1 aromatic rings. The van der Waals surface area contributed by atoms with Crippen LogP contribution in [0.15, 0.2) is 24.3 Å². The Morgan fingerprint density at radius 2 is 1.85 bits per heavy atom. The molecule has 20 heavy (non-hydrogen) atoms. The standard InChI is InChI=1S/C11H12ClF3O4S/c12-20(16,17)7-6-18-4-5-19-10-3-1-2-9(8-10)11(13,14)15/h1-3,8H,4-7H2. The first kappa shape index (κ1) is 17.1. The van der Waals surface area contributed by atoms with Gasteiger partial charge in [-0.1, -0.05) is 6.07 Å². The molecule has 0 atom stereocenters. The van der Waals surface area contributed by atoms with Crippen molar-refractivity contribution < 1.29 is 31.1 Å². The summed E-state index contributed by atoms with van der Waals surface area (Å²) in [5, 5.41) is 0. The zero-order valence-electron chi connectivity index (χ0n) is 10.2. The molecule has 0 N–H and O–H groups in total. The highest BCUT2D eigenvalue weighted by Gasteiger charge is 2.30. The van der Waals surface area contributed by atoms with E-state index in [1.165, 1.54) is 12.1 Å². The van der Waals surface area contributed by atoms with Gasteiger partial charge in [0.25, 0.3) is 0 Å². The first-order chi connectivity index (χ1) is 9.18. The topological polar surface area (TPSA) is 52.6 Å². The molecule has 0 radical (unpaired) electrons. The van der Waals surface area contributed by atoms with Gasteiger partial charge < -0.3 is 9.47 Å². The van der Waals surface area contributed by atoms with E-state index in [0.717, 1.165) is 12.1 Å². The number of hydrogen-bond donors (Lipinski definition) is 0. The van der Waals surface area contributed by atoms with Crippen LogP contribution >= 0.6 is 10.7 Å². The van der Waals surface area contributed by atoms with E-state index in [2.05, 4.69) is 0 Å². The van der Waals surface area contributed by atoms with E-state index < -0.39 is 20.8 Å². The molecule has 0 amide bonds. The van der Waals surface area contributed by atoms with Gasteiger partial charge in [0.1, 0.15) is 12.4 Å². The summed E-state index contributed by atoms with van der Waals surface area (Å²) in [7, 11) is 1.35. The molecular weight excluding hydrogens is 321 g/mol. The second kappa shape index (κ2) is 7.14. The summed E-state index contributed by atoms with van der Waals surface area (Å²) in [5.74, 6) is -0.272. The Labute approximate surface area is 118 Å². The Hall–Kier alpha value is -0.990. The lowest BCUT2D eigenvalue weighted by Gasteiger charge is -2.10. The third-order valence-electron chi connectivity index (χ3n) is 2.13. The first-order valence-electron chi connectivity index (χ1n) is 5.48. The maximum absolute atomic E-state index is 12.4. The van der Waals surface area contributed by atoms with Crippen molar-refractivity contribution in [3.8, 4) is 5.75 Å². The van der Waals surface area contributed by atoms with Crippen LogP contribution in [0.5, 0.6) is 5.75 Å². The molecule has 0 aliphatic carbocycles. The lowest BCUT2D eigenvalue weighted by molar-refractivity contribution is -0.137. The van der Waals surface area contributed by atoms with Gasteiger partial charge in [-0.15, -0.1) is 0 Å². The molecule has 0 aliphatic heterocycles. The van der Waals surface area contributed by atoms with E-state index in [1.54, 1.807) is 0 Å². The van der Waals surface area contributed by atoms with Crippen molar-refractivity contribution >= 4 is 19.7 Å². The van der Waals surface area contributed by atoms with Gasteiger partial charge in [0.2, 0.25) is 9.05 Å². The summed E-state index contributed by atoms with van der Waals surface area (Å²) in [6, 6.07) is 4.44. The highest BCUT2D eigenvalue weighted by molar-refractivity contribution is 8.13. The minimum Gasteiger partial charge on any atom is -0.491 e. The molecule has 1 aromatic carbocycles. The van der Waals surface area contributed by atoms with Crippen LogP contribution in [-0.4, -0.2) is 34.0 Å². The van der Waals surface area contributed by atoms with Gasteiger partial charge in [0, 0.05) is 10.7 Å².